The summed E-state index contributed by atoms with van der Waals surface area (Å²) in [6.07, 6.45) is 3.64. The Bertz CT molecular complexity index is 489. The fourth-order valence-corrected chi connectivity index (χ4v) is 2.62. The largest absolute Gasteiger partial charge is 0.342 e. The van der Waals surface area contributed by atoms with Crippen molar-refractivity contribution in [2.75, 3.05) is 13.1 Å². The predicted molar refractivity (Wildman–Crippen MR) is 74.7 cm³/mol. The minimum atomic E-state index is -0.627. The standard InChI is InChI=1S/C15H17ClN2O/c16-14-7-3-2-6-12(14)10-13(11-17)15(19)18-8-4-1-5-9-18/h2-3,6-7,13H,1,4-5,8-10H2. The van der Waals surface area contributed by atoms with E-state index in [0.717, 1.165) is 31.5 Å². The van der Waals surface area contributed by atoms with Crippen molar-refractivity contribution in [3.63, 3.8) is 0 Å². The lowest BCUT2D eigenvalue weighted by Gasteiger charge is -2.28. The maximum Gasteiger partial charge on any atom is 0.240 e. The van der Waals surface area contributed by atoms with E-state index in [0.29, 0.717) is 11.4 Å². The molecule has 1 aliphatic heterocycles. The van der Waals surface area contributed by atoms with Crippen LogP contribution < -0.4 is 0 Å². The quantitative estimate of drug-likeness (QED) is 0.852. The zero-order chi connectivity index (χ0) is 13.7. The molecular weight excluding hydrogens is 260 g/mol. The molecule has 1 aromatic carbocycles. The molecule has 3 nitrogen and oxygen atoms in total. The topological polar surface area (TPSA) is 44.1 Å². The molecule has 0 aromatic heterocycles. The second kappa shape index (κ2) is 6.58. The predicted octanol–water partition coefficient (Wildman–Crippen LogP) is 3.03. The van der Waals surface area contributed by atoms with Crippen molar-refractivity contribution in [2.45, 2.75) is 25.7 Å². The monoisotopic (exact) mass is 276 g/mol. The van der Waals surface area contributed by atoms with Crippen molar-refractivity contribution in [1.29, 1.82) is 5.26 Å². The molecule has 0 bridgehead atoms. The summed E-state index contributed by atoms with van der Waals surface area (Å²) in [5.41, 5.74) is 0.862. The molecule has 1 heterocycles. The molecule has 1 amide bonds. The molecule has 4 heteroatoms. The van der Waals surface area contributed by atoms with Crippen LogP contribution in [-0.2, 0) is 11.2 Å². The van der Waals surface area contributed by atoms with Crippen LogP contribution in [0.3, 0.4) is 0 Å². The summed E-state index contributed by atoms with van der Waals surface area (Å²) < 4.78 is 0. The molecule has 2 rings (SSSR count). The SMILES string of the molecule is N#CC(Cc1ccccc1Cl)C(=O)N1CCCCC1. The maximum atomic E-state index is 12.3. The molecule has 1 saturated heterocycles. The van der Waals surface area contributed by atoms with Gasteiger partial charge in [0.2, 0.25) is 5.91 Å². The van der Waals surface area contributed by atoms with Gasteiger partial charge in [-0.05, 0) is 37.3 Å². The van der Waals surface area contributed by atoms with Crippen LogP contribution in [0.25, 0.3) is 0 Å². The van der Waals surface area contributed by atoms with E-state index < -0.39 is 5.92 Å². The first-order valence-corrected chi connectivity index (χ1v) is 7.02. The molecule has 0 N–H and O–H groups in total. The molecule has 0 saturated carbocycles. The summed E-state index contributed by atoms with van der Waals surface area (Å²) in [4.78, 5) is 14.1. The zero-order valence-corrected chi connectivity index (χ0v) is 11.6. The lowest BCUT2D eigenvalue weighted by atomic mass is 9.98. The number of rotatable bonds is 3. The second-order valence-corrected chi connectivity index (χ2v) is 5.27. The highest BCUT2D eigenvalue weighted by Crippen LogP contribution is 2.21. The molecule has 1 aliphatic rings. The summed E-state index contributed by atoms with van der Waals surface area (Å²) in [5.74, 6) is -0.680. The fourth-order valence-electron chi connectivity index (χ4n) is 2.41. The van der Waals surface area contributed by atoms with Crippen LogP contribution in [0.1, 0.15) is 24.8 Å². The number of hydrogen-bond donors (Lipinski definition) is 0. The van der Waals surface area contributed by atoms with Gasteiger partial charge in [-0.25, -0.2) is 0 Å². The van der Waals surface area contributed by atoms with Crippen LogP contribution in [0, 0.1) is 17.2 Å². The van der Waals surface area contributed by atoms with Gasteiger partial charge in [0.15, 0.2) is 0 Å². The van der Waals surface area contributed by atoms with Gasteiger partial charge in [-0.3, -0.25) is 4.79 Å². The molecule has 0 spiro atoms. The van der Waals surface area contributed by atoms with Gasteiger partial charge in [0.25, 0.3) is 0 Å². The smallest absolute Gasteiger partial charge is 0.240 e. The Morgan fingerprint density at radius 2 is 2.00 bits per heavy atom. The number of likely N-dealkylation sites (tertiary alicyclic amines) is 1. The number of hydrogen-bond acceptors (Lipinski definition) is 2. The van der Waals surface area contributed by atoms with E-state index in [2.05, 4.69) is 6.07 Å². The Morgan fingerprint density at radius 1 is 1.32 bits per heavy atom. The molecule has 1 fully saturated rings. The highest BCUT2D eigenvalue weighted by molar-refractivity contribution is 6.31. The van der Waals surface area contributed by atoms with E-state index in [1.165, 1.54) is 6.42 Å². The third-order valence-electron chi connectivity index (χ3n) is 3.50. The van der Waals surface area contributed by atoms with Crippen LogP contribution >= 0.6 is 11.6 Å². The fraction of sp³-hybridized carbons (Fsp3) is 0.467. The summed E-state index contributed by atoms with van der Waals surface area (Å²) in [7, 11) is 0. The minimum Gasteiger partial charge on any atom is -0.342 e. The van der Waals surface area contributed by atoms with Gasteiger partial charge >= 0.3 is 0 Å². The van der Waals surface area contributed by atoms with Crippen molar-refractivity contribution in [2.24, 2.45) is 5.92 Å². The summed E-state index contributed by atoms with van der Waals surface area (Å²) >= 11 is 6.08. The van der Waals surface area contributed by atoms with Crippen LogP contribution in [0.2, 0.25) is 5.02 Å². The first kappa shape index (κ1) is 13.9. The molecule has 100 valence electrons. The summed E-state index contributed by atoms with van der Waals surface area (Å²) in [5, 5.41) is 9.86. The third-order valence-corrected chi connectivity index (χ3v) is 3.87. The normalized spacial score (nSPS) is 16.7. The van der Waals surface area contributed by atoms with E-state index in [9.17, 15) is 10.1 Å². The second-order valence-electron chi connectivity index (χ2n) is 4.86. The van der Waals surface area contributed by atoms with E-state index >= 15 is 0 Å². The van der Waals surface area contributed by atoms with E-state index in [-0.39, 0.29) is 5.91 Å². The van der Waals surface area contributed by atoms with Crippen LogP contribution in [0.4, 0.5) is 0 Å². The number of nitriles is 1. The summed E-state index contributed by atoms with van der Waals surface area (Å²) in [6, 6.07) is 9.51. The van der Waals surface area contributed by atoms with Gasteiger partial charge in [-0.15, -0.1) is 0 Å². The van der Waals surface area contributed by atoms with Gasteiger partial charge in [0, 0.05) is 18.1 Å². The lowest BCUT2D eigenvalue weighted by molar-refractivity contribution is -0.134. The van der Waals surface area contributed by atoms with Gasteiger partial charge in [-0.1, -0.05) is 29.8 Å². The Kier molecular flexibility index (Phi) is 4.81. The number of amides is 1. The Balaban J connectivity index is 2.06. The zero-order valence-electron chi connectivity index (χ0n) is 10.8. The van der Waals surface area contributed by atoms with E-state index in [1.54, 1.807) is 6.07 Å². The molecule has 0 radical (unpaired) electrons. The first-order valence-electron chi connectivity index (χ1n) is 6.64. The van der Waals surface area contributed by atoms with Gasteiger partial charge < -0.3 is 4.90 Å². The Morgan fingerprint density at radius 3 is 2.63 bits per heavy atom. The van der Waals surface area contributed by atoms with E-state index in [4.69, 9.17) is 11.6 Å². The average Bonchev–Trinajstić information content (AvgIpc) is 2.47. The van der Waals surface area contributed by atoms with Crippen LogP contribution in [0.5, 0.6) is 0 Å². The number of piperidine rings is 1. The molecule has 19 heavy (non-hydrogen) atoms. The van der Waals surface area contributed by atoms with E-state index in [1.807, 2.05) is 23.1 Å². The number of halogens is 1. The Labute approximate surface area is 118 Å². The third kappa shape index (κ3) is 3.48. The molecular formula is C15H17ClN2O. The Hall–Kier alpha value is -1.53. The van der Waals surface area contributed by atoms with Crippen LogP contribution in [-0.4, -0.2) is 23.9 Å². The molecule has 0 aliphatic carbocycles. The number of carbonyl (C=O) groups excluding carboxylic acids is 1. The summed E-state index contributed by atoms with van der Waals surface area (Å²) in [6.45, 7) is 1.55. The van der Waals surface area contributed by atoms with Crippen LogP contribution in [0.15, 0.2) is 24.3 Å². The van der Waals surface area contributed by atoms with Gasteiger partial charge in [0.1, 0.15) is 5.92 Å². The molecule has 1 aromatic rings. The van der Waals surface area contributed by atoms with Gasteiger partial charge in [-0.2, -0.15) is 5.26 Å². The lowest BCUT2D eigenvalue weighted by Crippen LogP contribution is -2.40. The highest BCUT2D eigenvalue weighted by atomic mass is 35.5. The van der Waals surface area contributed by atoms with Gasteiger partial charge in [0.05, 0.1) is 6.07 Å². The van der Waals surface area contributed by atoms with Crippen molar-refractivity contribution < 1.29 is 4.79 Å². The first-order chi connectivity index (χ1) is 9.22. The maximum absolute atomic E-state index is 12.3. The van der Waals surface area contributed by atoms with Crippen molar-refractivity contribution in [3.8, 4) is 6.07 Å². The molecule has 1 unspecified atom stereocenters. The highest BCUT2D eigenvalue weighted by Gasteiger charge is 2.26. The minimum absolute atomic E-state index is 0.0536. The van der Waals surface area contributed by atoms with Crippen molar-refractivity contribution in [3.05, 3.63) is 34.9 Å². The van der Waals surface area contributed by atoms with Crippen molar-refractivity contribution in [1.82, 2.24) is 4.90 Å². The molecule has 1 atom stereocenters. The van der Waals surface area contributed by atoms with Crippen molar-refractivity contribution >= 4 is 17.5 Å². The number of nitrogens with zero attached hydrogens (tertiary/aromatic N) is 2. The number of carbonyl (C=O) groups is 1. The number of benzene rings is 1. The average molecular weight is 277 g/mol.